The molecule has 2 aromatic heterocycles. The van der Waals surface area contributed by atoms with Crippen molar-refractivity contribution in [3.05, 3.63) is 41.9 Å². The van der Waals surface area contributed by atoms with E-state index in [-0.39, 0.29) is 0 Å². The van der Waals surface area contributed by atoms with Crippen molar-refractivity contribution in [1.29, 1.82) is 0 Å². The Morgan fingerprint density at radius 1 is 1.29 bits per heavy atom. The molecule has 0 N–H and O–H groups in total. The zero-order chi connectivity index (χ0) is 11.5. The highest BCUT2D eigenvalue weighted by molar-refractivity contribution is 7.99. The van der Waals surface area contributed by atoms with Crippen molar-refractivity contribution in [3.63, 3.8) is 0 Å². The number of rotatable bonds is 0. The van der Waals surface area contributed by atoms with Crippen LogP contribution >= 0.6 is 11.8 Å². The largest absolute Gasteiger partial charge is 0.223 e. The van der Waals surface area contributed by atoms with Crippen LogP contribution in [-0.4, -0.2) is 26.1 Å². The molecule has 0 spiro atoms. The van der Waals surface area contributed by atoms with Gasteiger partial charge in [0.1, 0.15) is 5.69 Å². The minimum Gasteiger partial charge on any atom is -0.223 e. The molecule has 1 aliphatic rings. The van der Waals surface area contributed by atoms with Crippen molar-refractivity contribution in [3.8, 4) is 11.8 Å². The van der Waals surface area contributed by atoms with E-state index in [1.54, 1.807) is 10.7 Å². The average molecular weight is 241 g/mol. The second-order valence-corrected chi connectivity index (χ2v) is 4.90. The molecule has 0 fully saturated rings. The maximum Gasteiger partial charge on any atom is 0.156 e. The number of thioether (sulfide) groups is 1. The van der Waals surface area contributed by atoms with Crippen molar-refractivity contribution in [2.75, 3.05) is 11.5 Å². The molecule has 0 unspecified atom stereocenters. The third kappa shape index (κ3) is 2.34. The Kier molecular flexibility index (Phi) is 2.85. The van der Waals surface area contributed by atoms with Crippen LogP contribution in [0.1, 0.15) is 12.1 Å². The molecule has 0 radical (unpaired) electrons. The van der Waals surface area contributed by atoms with Crippen molar-refractivity contribution in [2.45, 2.75) is 6.42 Å². The van der Waals surface area contributed by atoms with E-state index in [2.05, 4.69) is 28.0 Å². The van der Waals surface area contributed by atoms with Crippen LogP contribution in [0.25, 0.3) is 5.65 Å². The highest BCUT2D eigenvalue weighted by Gasteiger charge is 2.00. The summed E-state index contributed by atoms with van der Waals surface area (Å²) in [6.45, 7) is 0. The second-order valence-electron chi connectivity index (χ2n) is 3.75. The quantitative estimate of drug-likeness (QED) is 0.662. The topological polar surface area (TPSA) is 30.2 Å². The minimum absolute atomic E-state index is 0.803. The summed E-state index contributed by atoms with van der Waals surface area (Å²) in [6.07, 6.45) is 6.91. The van der Waals surface area contributed by atoms with Crippen LogP contribution in [0.4, 0.5) is 0 Å². The van der Waals surface area contributed by atoms with Crippen molar-refractivity contribution in [1.82, 2.24) is 14.6 Å². The lowest BCUT2D eigenvalue weighted by atomic mass is 10.2. The molecule has 17 heavy (non-hydrogen) atoms. The summed E-state index contributed by atoms with van der Waals surface area (Å²) in [4.78, 5) is 4.41. The first-order valence-corrected chi connectivity index (χ1v) is 6.66. The van der Waals surface area contributed by atoms with Gasteiger partial charge in [0.05, 0.1) is 6.20 Å². The molecule has 0 saturated heterocycles. The summed E-state index contributed by atoms with van der Waals surface area (Å²) in [5.74, 6) is 8.58. The fourth-order valence-electron chi connectivity index (χ4n) is 1.67. The molecule has 0 aliphatic carbocycles. The number of fused-ring (bicyclic) bond motifs is 1. The number of hydrogen-bond acceptors (Lipinski definition) is 3. The first-order valence-electron chi connectivity index (χ1n) is 5.51. The van der Waals surface area contributed by atoms with Gasteiger partial charge in [-0.3, -0.25) is 0 Å². The van der Waals surface area contributed by atoms with Gasteiger partial charge in [-0.1, -0.05) is 12.0 Å². The lowest BCUT2D eigenvalue weighted by Gasteiger charge is -2.05. The zero-order valence-corrected chi connectivity index (χ0v) is 10.1. The van der Waals surface area contributed by atoms with Crippen LogP contribution in [0.5, 0.6) is 0 Å². The molecule has 0 aromatic carbocycles. The minimum atomic E-state index is 0.803. The third-order valence-corrected chi connectivity index (χ3v) is 3.47. The van der Waals surface area contributed by atoms with Gasteiger partial charge in [0, 0.05) is 23.6 Å². The molecule has 4 heteroatoms. The maximum atomic E-state index is 4.41. The molecule has 0 atom stereocenters. The lowest BCUT2D eigenvalue weighted by Crippen LogP contribution is -1.94. The van der Waals surface area contributed by atoms with Gasteiger partial charge >= 0.3 is 0 Å². The van der Waals surface area contributed by atoms with E-state index in [0.717, 1.165) is 23.5 Å². The SMILES string of the molecule is C(#Cc1ccn2nccc2n1)C1=CCSCC1. The fraction of sp³-hybridized carbons (Fsp3) is 0.231. The summed E-state index contributed by atoms with van der Waals surface area (Å²) in [6, 6.07) is 3.77. The number of allylic oxidation sites excluding steroid dienone is 1. The van der Waals surface area contributed by atoms with Gasteiger partial charge in [-0.2, -0.15) is 16.9 Å². The Balaban J connectivity index is 1.89. The maximum absolute atomic E-state index is 4.41. The Morgan fingerprint density at radius 2 is 2.29 bits per heavy atom. The fourth-order valence-corrected chi connectivity index (χ4v) is 2.52. The molecule has 3 rings (SSSR count). The average Bonchev–Trinajstić information content (AvgIpc) is 2.85. The molecule has 3 heterocycles. The Morgan fingerprint density at radius 3 is 3.18 bits per heavy atom. The molecule has 0 amide bonds. The van der Waals surface area contributed by atoms with E-state index in [4.69, 9.17) is 0 Å². The molecular weight excluding hydrogens is 230 g/mol. The molecule has 0 bridgehead atoms. The molecule has 3 nitrogen and oxygen atoms in total. The van der Waals surface area contributed by atoms with Gasteiger partial charge in [-0.05, 0) is 24.2 Å². The van der Waals surface area contributed by atoms with E-state index >= 15 is 0 Å². The van der Waals surface area contributed by atoms with Crippen LogP contribution in [0.3, 0.4) is 0 Å². The van der Waals surface area contributed by atoms with Crippen LogP contribution in [0, 0.1) is 11.8 Å². The van der Waals surface area contributed by atoms with Crippen molar-refractivity contribution < 1.29 is 0 Å². The summed E-state index contributed by atoms with van der Waals surface area (Å²) in [7, 11) is 0. The molecule has 0 saturated carbocycles. The van der Waals surface area contributed by atoms with Gasteiger partial charge in [-0.25, -0.2) is 9.50 Å². The van der Waals surface area contributed by atoms with Crippen LogP contribution in [0.2, 0.25) is 0 Å². The first kappa shape index (κ1) is 10.4. The zero-order valence-electron chi connectivity index (χ0n) is 9.26. The van der Waals surface area contributed by atoms with Crippen LogP contribution < -0.4 is 0 Å². The predicted octanol–water partition coefficient (Wildman–Crippen LogP) is 2.14. The van der Waals surface area contributed by atoms with E-state index in [0.29, 0.717) is 0 Å². The van der Waals surface area contributed by atoms with E-state index in [1.165, 1.54) is 11.3 Å². The van der Waals surface area contributed by atoms with Crippen molar-refractivity contribution in [2.24, 2.45) is 0 Å². The number of nitrogens with zero attached hydrogens (tertiary/aromatic N) is 3. The second kappa shape index (κ2) is 4.64. The van der Waals surface area contributed by atoms with Crippen LogP contribution in [0.15, 0.2) is 36.2 Å². The Labute approximate surface area is 104 Å². The standard InChI is InChI=1S/C13H11N3S/c1(11-5-9-17-10-6-11)2-12-4-8-16-13(15-12)3-7-14-16/h3-5,7-8H,6,9-10H2. The number of hydrogen-bond donors (Lipinski definition) is 0. The summed E-state index contributed by atoms with van der Waals surface area (Å²) in [5, 5.41) is 4.10. The third-order valence-electron chi connectivity index (χ3n) is 2.57. The summed E-state index contributed by atoms with van der Waals surface area (Å²) >= 11 is 1.95. The number of aromatic nitrogens is 3. The normalized spacial score (nSPS) is 15.2. The van der Waals surface area contributed by atoms with Crippen molar-refractivity contribution >= 4 is 17.4 Å². The van der Waals surface area contributed by atoms with Gasteiger partial charge in [-0.15, -0.1) is 0 Å². The highest BCUT2D eigenvalue weighted by Crippen LogP contribution is 2.15. The molecular formula is C13H11N3S. The first-order chi connectivity index (χ1) is 8.42. The van der Waals surface area contributed by atoms with E-state index in [1.807, 2.05) is 30.1 Å². The summed E-state index contributed by atoms with van der Waals surface area (Å²) in [5.41, 5.74) is 2.88. The Bertz CT molecular complexity index is 631. The van der Waals surface area contributed by atoms with Gasteiger partial charge < -0.3 is 0 Å². The van der Waals surface area contributed by atoms with E-state index in [9.17, 15) is 0 Å². The van der Waals surface area contributed by atoms with Gasteiger partial charge in [0.25, 0.3) is 0 Å². The lowest BCUT2D eigenvalue weighted by molar-refractivity contribution is 0.936. The van der Waals surface area contributed by atoms with Crippen LogP contribution in [-0.2, 0) is 0 Å². The predicted molar refractivity (Wildman–Crippen MR) is 69.9 cm³/mol. The van der Waals surface area contributed by atoms with Gasteiger partial charge in [0.2, 0.25) is 0 Å². The molecule has 1 aliphatic heterocycles. The monoisotopic (exact) mass is 241 g/mol. The van der Waals surface area contributed by atoms with Gasteiger partial charge in [0.15, 0.2) is 5.65 Å². The smallest absolute Gasteiger partial charge is 0.156 e. The molecule has 2 aromatic rings. The Hall–Kier alpha value is -1.73. The highest BCUT2D eigenvalue weighted by atomic mass is 32.2. The molecule has 84 valence electrons. The summed E-state index contributed by atoms with van der Waals surface area (Å²) < 4.78 is 1.74. The van der Waals surface area contributed by atoms with E-state index < -0.39 is 0 Å².